The molecule has 0 bridgehead atoms. The highest BCUT2D eigenvalue weighted by atomic mass is 16.3. The second-order valence-corrected chi connectivity index (χ2v) is 13.0. The Balaban J connectivity index is 1.19. The van der Waals surface area contributed by atoms with Crippen molar-refractivity contribution >= 4 is 60.9 Å². The van der Waals surface area contributed by atoms with Crippen LogP contribution in [0.5, 0.6) is 0 Å². The van der Waals surface area contributed by atoms with Crippen LogP contribution in [0.3, 0.4) is 0 Å². The number of benzene rings is 8. The van der Waals surface area contributed by atoms with E-state index in [1.807, 2.05) is 24.3 Å². The van der Waals surface area contributed by atoms with Gasteiger partial charge in [-0.1, -0.05) is 109 Å². The first-order valence-electron chi connectivity index (χ1n) is 17.2. The molecule has 0 fully saturated rings. The maximum atomic E-state index is 6.21. The van der Waals surface area contributed by atoms with E-state index in [1.165, 1.54) is 11.1 Å². The number of furan rings is 2. The van der Waals surface area contributed by atoms with Crippen molar-refractivity contribution in [3.63, 3.8) is 0 Å². The normalized spacial score (nSPS) is 11.5. The van der Waals surface area contributed by atoms with Crippen LogP contribution in [0.1, 0.15) is 0 Å². The van der Waals surface area contributed by atoms with Gasteiger partial charge < -0.3 is 13.7 Å². The molecule has 8 aromatic carbocycles. The molecule has 3 heteroatoms. The van der Waals surface area contributed by atoms with Gasteiger partial charge in [0, 0.05) is 38.6 Å². The highest BCUT2D eigenvalue weighted by molar-refractivity contribution is 6.07. The predicted molar refractivity (Wildman–Crippen MR) is 212 cm³/mol. The van der Waals surface area contributed by atoms with Crippen molar-refractivity contribution in [1.29, 1.82) is 0 Å². The largest absolute Gasteiger partial charge is 0.456 e. The Labute approximate surface area is 295 Å². The van der Waals surface area contributed by atoms with Crippen molar-refractivity contribution in [3.8, 4) is 33.4 Å². The molecule has 51 heavy (non-hydrogen) atoms. The summed E-state index contributed by atoms with van der Waals surface area (Å²) >= 11 is 0. The Bertz CT molecular complexity index is 2720. The fraction of sp³-hybridized carbons (Fsp3) is 0. The van der Waals surface area contributed by atoms with E-state index < -0.39 is 0 Å². The van der Waals surface area contributed by atoms with Crippen molar-refractivity contribution in [3.05, 3.63) is 188 Å². The summed E-state index contributed by atoms with van der Waals surface area (Å²) in [5, 5.41) is 4.45. The predicted octanol–water partition coefficient (Wildman–Crippen LogP) is 14.0. The van der Waals surface area contributed by atoms with E-state index in [-0.39, 0.29) is 0 Å². The Morgan fingerprint density at radius 2 is 0.686 bits per heavy atom. The fourth-order valence-corrected chi connectivity index (χ4v) is 7.34. The van der Waals surface area contributed by atoms with E-state index in [2.05, 4.69) is 169 Å². The second kappa shape index (κ2) is 11.9. The Morgan fingerprint density at radius 1 is 0.255 bits per heavy atom. The third kappa shape index (κ3) is 5.15. The van der Waals surface area contributed by atoms with Crippen molar-refractivity contribution in [2.45, 2.75) is 0 Å². The first-order valence-corrected chi connectivity index (χ1v) is 17.2. The number of fused-ring (bicyclic) bond motifs is 6. The monoisotopic (exact) mass is 653 g/mol. The zero-order valence-corrected chi connectivity index (χ0v) is 27.7. The Hall–Kier alpha value is -6.84. The van der Waals surface area contributed by atoms with Crippen LogP contribution >= 0.6 is 0 Å². The quantitative estimate of drug-likeness (QED) is 0.179. The number of hydrogen-bond donors (Lipinski definition) is 0. The van der Waals surface area contributed by atoms with Crippen LogP contribution in [0, 0.1) is 0 Å². The molecule has 0 aliphatic carbocycles. The highest BCUT2D eigenvalue weighted by Gasteiger charge is 2.18. The van der Waals surface area contributed by atoms with Crippen molar-refractivity contribution in [2.24, 2.45) is 0 Å². The van der Waals surface area contributed by atoms with Gasteiger partial charge in [0.25, 0.3) is 0 Å². The lowest BCUT2D eigenvalue weighted by Gasteiger charge is -2.27. The molecule has 3 nitrogen and oxygen atoms in total. The van der Waals surface area contributed by atoms with Crippen LogP contribution in [-0.4, -0.2) is 0 Å². The molecule has 0 N–H and O–H groups in total. The van der Waals surface area contributed by atoms with E-state index in [0.717, 1.165) is 83.2 Å². The molecule has 0 amide bonds. The second-order valence-electron chi connectivity index (χ2n) is 13.0. The number of para-hydroxylation sites is 3. The number of hydrogen-bond acceptors (Lipinski definition) is 3. The molecule has 0 saturated carbocycles. The van der Waals surface area contributed by atoms with Gasteiger partial charge in [0.1, 0.15) is 22.3 Å². The summed E-state index contributed by atoms with van der Waals surface area (Å²) in [7, 11) is 0. The molecular formula is C48H31NO2. The minimum absolute atomic E-state index is 0.887. The van der Waals surface area contributed by atoms with Gasteiger partial charge >= 0.3 is 0 Å². The van der Waals surface area contributed by atoms with Crippen LogP contribution in [-0.2, 0) is 0 Å². The molecule has 240 valence electrons. The zero-order valence-electron chi connectivity index (χ0n) is 27.7. The molecular weight excluding hydrogens is 623 g/mol. The molecule has 0 radical (unpaired) electrons. The summed E-state index contributed by atoms with van der Waals surface area (Å²) in [5.41, 5.74) is 13.7. The third-order valence-corrected chi connectivity index (χ3v) is 9.84. The number of rotatable bonds is 6. The summed E-state index contributed by atoms with van der Waals surface area (Å²) < 4.78 is 12.4. The Kier molecular flexibility index (Phi) is 6.81. The van der Waals surface area contributed by atoms with Crippen molar-refractivity contribution < 1.29 is 8.83 Å². The fourth-order valence-electron chi connectivity index (χ4n) is 7.34. The molecule has 2 aromatic heterocycles. The van der Waals surface area contributed by atoms with Crippen LogP contribution in [0.25, 0.3) is 77.3 Å². The summed E-state index contributed by atoms with van der Waals surface area (Å²) in [4.78, 5) is 2.35. The van der Waals surface area contributed by atoms with Gasteiger partial charge in [0.05, 0.1) is 0 Å². The smallest absolute Gasteiger partial charge is 0.135 e. The topological polar surface area (TPSA) is 29.5 Å². The SMILES string of the molecule is c1ccc(-c2ccc(N(c3ccccc3)c3cc(-c4ccc5oc6ccccc6c5c4)cc(-c4ccc5oc6ccccc6c5c4)c3)cc2)cc1. The molecule has 2 heterocycles. The van der Waals surface area contributed by atoms with E-state index in [1.54, 1.807) is 0 Å². The average molecular weight is 654 g/mol. The first kappa shape index (κ1) is 29.1. The lowest BCUT2D eigenvalue weighted by Crippen LogP contribution is -2.10. The molecule has 0 aliphatic rings. The van der Waals surface area contributed by atoms with Gasteiger partial charge in [-0.25, -0.2) is 0 Å². The van der Waals surface area contributed by atoms with Gasteiger partial charge in [-0.15, -0.1) is 0 Å². The molecule has 0 aliphatic heterocycles. The average Bonchev–Trinajstić information content (AvgIpc) is 3.77. The summed E-state index contributed by atoms with van der Waals surface area (Å²) in [5.74, 6) is 0. The summed E-state index contributed by atoms with van der Waals surface area (Å²) in [6, 6.07) is 66.5. The molecule has 10 aromatic rings. The number of anilines is 3. The molecule has 0 spiro atoms. The lowest BCUT2D eigenvalue weighted by molar-refractivity contribution is 0.668. The maximum absolute atomic E-state index is 6.21. The summed E-state index contributed by atoms with van der Waals surface area (Å²) in [6.07, 6.45) is 0. The standard InChI is InChI=1S/C48H31NO2/c1-3-11-32(12-4-1)33-19-23-39(24-20-33)49(38-13-5-2-6-14-38)40-28-36(34-21-25-47-43(30-34)41-15-7-9-17-45(41)50-47)27-37(29-40)35-22-26-48-44(31-35)42-16-8-10-18-46(42)51-48/h1-31H. The lowest BCUT2D eigenvalue weighted by atomic mass is 9.95. The van der Waals surface area contributed by atoms with Gasteiger partial charge in [-0.3, -0.25) is 0 Å². The van der Waals surface area contributed by atoms with E-state index >= 15 is 0 Å². The van der Waals surface area contributed by atoms with E-state index in [0.29, 0.717) is 0 Å². The van der Waals surface area contributed by atoms with Crippen LogP contribution in [0.4, 0.5) is 17.1 Å². The maximum Gasteiger partial charge on any atom is 0.135 e. The van der Waals surface area contributed by atoms with Crippen molar-refractivity contribution in [2.75, 3.05) is 4.90 Å². The summed E-state index contributed by atoms with van der Waals surface area (Å²) in [6.45, 7) is 0. The number of nitrogens with zero attached hydrogens (tertiary/aromatic N) is 1. The van der Waals surface area contributed by atoms with Gasteiger partial charge in [0.15, 0.2) is 0 Å². The molecule has 0 atom stereocenters. The molecule has 0 unspecified atom stereocenters. The first-order chi connectivity index (χ1) is 25.2. The Morgan fingerprint density at radius 3 is 1.25 bits per heavy atom. The van der Waals surface area contributed by atoms with Gasteiger partial charge in [-0.2, -0.15) is 0 Å². The van der Waals surface area contributed by atoms with E-state index in [9.17, 15) is 0 Å². The van der Waals surface area contributed by atoms with Crippen LogP contribution < -0.4 is 4.90 Å². The minimum atomic E-state index is 0.887. The van der Waals surface area contributed by atoms with Crippen LogP contribution in [0.2, 0.25) is 0 Å². The van der Waals surface area contributed by atoms with Crippen molar-refractivity contribution in [1.82, 2.24) is 0 Å². The zero-order chi connectivity index (χ0) is 33.7. The van der Waals surface area contributed by atoms with Gasteiger partial charge in [0.2, 0.25) is 0 Å². The third-order valence-electron chi connectivity index (χ3n) is 9.84. The van der Waals surface area contributed by atoms with E-state index in [4.69, 9.17) is 8.83 Å². The van der Waals surface area contributed by atoms with Crippen LogP contribution in [0.15, 0.2) is 197 Å². The highest BCUT2D eigenvalue weighted by Crippen LogP contribution is 2.42. The minimum Gasteiger partial charge on any atom is -0.456 e. The molecule has 0 saturated heterocycles. The van der Waals surface area contributed by atoms with Gasteiger partial charge in [-0.05, 0) is 112 Å². The molecule has 10 rings (SSSR count).